The molecular formula is C17H14N4O. The third-order valence-electron chi connectivity index (χ3n) is 3.85. The van der Waals surface area contributed by atoms with Gasteiger partial charge in [-0.25, -0.2) is 0 Å². The molecule has 0 aliphatic rings. The van der Waals surface area contributed by atoms with E-state index in [2.05, 4.69) is 16.0 Å². The van der Waals surface area contributed by atoms with E-state index in [0.717, 1.165) is 33.2 Å². The van der Waals surface area contributed by atoms with E-state index < -0.39 is 5.91 Å². The first kappa shape index (κ1) is 13.8. The second-order valence-electron chi connectivity index (χ2n) is 5.24. The molecule has 0 bridgehead atoms. The molecular weight excluding hydrogens is 276 g/mol. The molecule has 5 heteroatoms. The van der Waals surface area contributed by atoms with Gasteiger partial charge in [-0.2, -0.15) is 5.26 Å². The largest absolute Gasteiger partial charge is 0.364 e. The zero-order chi connectivity index (χ0) is 15.9. The standard InChI is InChI=1S/C17H14N4O/c1-9-8-20-4-3-12(9)14-6-11(7-18)5-13-10(2)15(17(19)22)21-16(13)14/h3-6,8,21H,1-2H3,(H2,19,22). The van der Waals surface area contributed by atoms with Gasteiger partial charge in [0.25, 0.3) is 5.91 Å². The number of hydrogen-bond acceptors (Lipinski definition) is 3. The number of carbonyl (C=O) groups is 1. The highest BCUT2D eigenvalue weighted by atomic mass is 16.1. The van der Waals surface area contributed by atoms with E-state index in [0.29, 0.717) is 11.3 Å². The molecule has 0 aliphatic heterocycles. The van der Waals surface area contributed by atoms with Crippen molar-refractivity contribution in [1.29, 1.82) is 5.26 Å². The van der Waals surface area contributed by atoms with Crippen LogP contribution in [-0.2, 0) is 0 Å². The Hall–Kier alpha value is -3.13. The van der Waals surface area contributed by atoms with E-state index in [1.54, 1.807) is 18.5 Å². The SMILES string of the molecule is Cc1cnccc1-c1cc(C#N)cc2c(C)c(C(N)=O)[nH]c12. The topological polar surface area (TPSA) is 95.6 Å². The molecule has 0 aliphatic carbocycles. The molecule has 2 heterocycles. The summed E-state index contributed by atoms with van der Waals surface area (Å²) in [6, 6.07) is 7.65. The number of aryl methyl sites for hydroxylation is 2. The Balaban J connectivity index is 2.44. The lowest BCUT2D eigenvalue weighted by molar-refractivity contribution is 0.0996. The van der Waals surface area contributed by atoms with Crippen LogP contribution in [0.25, 0.3) is 22.0 Å². The Morgan fingerprint density at radius 2 is 2.09 bits per heavy atom. The highest BCUT2D eigenvalue weighted by molar-refractivity contribution is 6.05. The number of carbonyl (C=O) groups excluding carboxylic acids is 1. The summed E-state index contributed by atoms with van der Waals surface area (Å²) in [6.45, 7) is 3.78. The zero-order valence-electron chi connectivity index (χ0n) is 12.3. The number of primary amides is 1. The predicted molar refractivity (Wildman–Crippen MR) is 84.2 cm³/mol. The second-order valence-corrected chi connectivity index (χ2v) is 5.24. The summed E-state index contributed by atoms with van der Waals surface area (Å²) in [5.41, 5.74) is 10.7. The molecule has 1 amide bonds. The average molecular weight is 290 g/mol. The normalized spacial score (nSPS) is 10.6. The van der Waals surface area contributed by atoms with Crippen LogP contribution in [-0.4, -0.2) is 15.9 Å². The molecule has 3 N–H and O–H groups in total. The number of nitrogens with one attached hydrogen (secondary N) is 1. The van der Waals surface area contributed by atoms with Gasteiger partial charge in [0.1, 0.15) is 5.69 Å². The number of rotatable bonds is 2. The summed E-state index contributed by atoms with van der Waals surface area (Å²) in [5.74, 6) is -0.510. The minimum absolute atomic E-state index is 0.373. The first-order chi connectivity index (χ1) is 10.5. The number of hydrogen-bond donors (Lipinski definition) is 2. The first-order valence-electron chi connectivity index (χ1n) is 6.80. The first-order valence-corrected chi connectivity index (χ1v) is 6.80. The van der Waals surface area contributed by atoms with Crippen molar-refractivity contribution in [2.45, 2.75) is 13.8 Å². The molecule has 22 heavy (non-hydrogen) atoms. The minimum Gasteiger partial charge on any atom is -0.364 e. The Morgan fingerprint density at radius 3 is 2.73 bits per heavy atom. The highest BCUT2D eigenvalue weighted by Crippen LogP contribution is 2.34. The maximum absolute atomic E-state index is 11.6. The molecule has 3 rings (SSSR count). The number of nitrogens with zero attached hydrogens (tertiary/aromatic N) is 2. The van der Waals surface area contributed by atoms with Crippen molar-refractivity contribution in [3.05, 3.63) is 53.0 Å². The molecule has 0 unspecified atom stereocenters. The number of nitriles is 1. The third kappa shape index (κ3) is 2.02. The number of aromatic amines is 1. The van der Waals surface area contributed by atoms with Crippen molar-refractivity contribution < 1.29 is 4.79 Å². The molecule has 1 aromatic carbocycles. The lowest BCUT2D eigenvalue weighted by atomic mass is 9.97. The van der Waals surface area contributed by atoms with Crippen LogP contribution in [0.3, 0.4) is 0 Å². The minimum atomic E-state index is -0.510. The fourth-order valence-electron chi connectivity index (χ4n) is 2.72. The number of aromatic nitrogens is 2. The average Bonchev–Trinajstić information content (AvgIpc) is 2.84. The predicted octanol–water partition coefficient (Wildman–Crippen LogP) is 2.82. The zero-order valence-corrected chi connectivity index (χ0v) is 12.3. The number of pyridine rings is 1. The Labute approximate surface area is 127 Å². The van der Waals surface area contributed by atoms with Crippen LogP contribution < -0.4 is 5.73 Å². The van der Waals surface area contributed by atoms with Gasteiger partial charge in [0.2, 0.25) is 0 Å². The van der Waals surface area contributed by atoms with Crippen LogP contribution in [0.1, 0.15) is 27.2 Å². The molecule has 108 valence electrons. The van der Waals surface area contributed by atoms with Gasteiger partial charge >= 0.3 is 0 Å². The van der Waals surface area contributed by atoms with Gasteiger partial charge in [0, 0.05) is 23.3 Å². The van der Waals surface area contributed by atoms with Gasteiger partial charge in [-0.05, 0) is 48.7 Å². The molecule has 0 atom stereocenters. The molecule has 0 saturated carbocycles. The third-order valence-corrected chi connectivity index (χ3v) is 3.85. The van der Waals surface area contributed by atoms with Crippen LogP contribution >= 0.6 is 0 Å². The highest BCUT2D eigenvalue weighted by Gasteiger charge is 2.17. The van der Waals surface area contributed by atoms with E-state index in [1.165, 1.54) is 0 Å². The van der Waals surface area contributed by atoms with Crippen molar-refractivity contribution in [3.8, 4) is 17.2 Å². The molecule has 2 aromatic heterocycles. The van der Waals surface area contributed by atoms with Crippen molar-refractivity contribution in [2.75, 3.05) is 0 Å². The van der Waals surface area contributed by atoms with Gasteiger partial charge in [0.05, 0.1) is 17.1 Å². The van der Waals surface area contributed by atoms with Crippen LogP contribution in [0, 0.1) is 25.2 Å². The Kier molecular flexibility index (Phi) is 3.15. The van der Waals surface area contributed by atoms with E-state index in [9.17, 15) is 10.1 Å². The second kappa shape index (κ2) is 5.01. The van der Waals surface area contributed by atoms with Crippen molar-refractivity contribution in [2.24, 2.45) is 5.73 Å². The summed E-state index contributed by atoms with van der Waals surface area (Å²) >= 11 is 0. The number of benzene rings is 1. The summed E-state index contributed by atoms with van der Waals surface area (Å²) in [6.07, 6.45) is 3.48. The fraction of sp³-hybridized carbons (Fsp3) is 0.118. The fourth-order valence-corrected chi connectivity index (χ4v) is 2.72. The van der Waals surface area contributed by atoms with Crippen LogP contribution in [0.2, 0.25) is 0 Å². The van der Waals surface area contributed by atoms with Gasteiger partial charge < -0.3 is 10.7 Å². The van der Waals surface area contributed by atoms with Gasteiger partial charge in [-0.15, -0.1) is 0 Å². The van der Waals surface area contributed by atoms with Gasteiger partial charge in [-0.3, -0.25) is 9.78 Å². The van der Waals surface area contributed by atoms with E-state index >= 15 is 0 Å². The monoisotopic (exact) mass is 290 g/mol. The molecule has 5 nitrogen and oxygen atoms in total. The van der Waals surface area contributed by atoms with Crippen molar-refractivity contribution >= 4 is 16.8 Å². The molecule has 0 spiro atoms. The van der Waals surface area contributed by atoms with E-state index in [4.69, 9.17) is 5.73 Å². The summed E-state index contributed by atoms with van der Waals surface area (Å²) in [5, 5.41) is 10.1. The summed E-state index contributed by atoms with van der Waals surface area (Å²) in [7, 11) is 0. The Morgan fingerprint density at radius 1 is 1.32 bits per heavy atom. The molecule has 0 fully saturated rings. The van der Waals surface area contributed by atoms with E-state index in [1.807, 2.05) is 26.0 Å². The van der Waals surface area contributed by atoms with Crippen LogP contribution in [0.15, 0.2) is 30.6 Å². The lowest BCUT2D eigenvalue weighted by Crippen LogP contribution is -2.12. The number of fused-ring (bicyclic) bond motifs is 1. The number of amides is 1. The summed E-state index contributed by atoms with van der Waals surface area (Å²) in [4.78, 5) is 18.8. The van der Waals surface area contributed by atoms with Crippen molar-refractivity contribution in [1.82, 2.24) is 9.97 Å². The number of nitrogens with two attached hydrogens (primary N) is 1. The molecule has 0 radical (unpaired) electrons. The maximum atomic E-state index is 11.6. The van der Waals surface area contributed by atoms with Crippen LogP contribution in [0.4, 0.5) is 0 Å². The lowest BCUT2D eigenvalue weighted by Gasteiger charge is -2.08. The summed E-state index contributed by atoms with van der Waals surface area (Å²) < 4.78 is 0. The maximum Gasteiger partial charge on any atom is 0.265 e. The smallest absolute Gasteiger partial charge is 0.265 e. The Bertz CT molecular complexity index is 947. The molecule has 3 aromatic rings. The van der Waals surface area contributed by atoms with Crippen LogP contribution in [0.5, 0.6) is 0 Å². The van der Waals surface area contributed by atoms with Gasteiger partial charge in [-0.1, -0.05) is 0 Å². The quantitative estimate of drug-likeness (QED) is 0.759. The van der Waals surface area contributed by atoms with Gasteiger partial charge in [0.15, 0.2) is 0 Å². The van der Waals surface area contributed by atoms with E-state index in [-0.39, 0.29) is 0 Å². The molecule has 0 saturated heterocycles. The number of H-pyrrole nitrogens is 1. The van der Waals surface area contributed by atoms with Crippen molar-refractivity contribution in [3.63, 3.8) is 0 Å².